The van der Waals surface area contributed by atoms with E-state index < -0.39 is 15.7 Å². The smallest absolute Gasteiger partial charge is 0.258 e. The molecule has 2 aromatic carbocycles. The molecule has 0 bridgehead atoms. The molecule has 1 atom stereocenters. The third-order valence-corrected chi connectivity index (χ3v) is 4.00. The highest BCUT2D eigenvalue weighted by Crippen LogP contribution is 2.13. The third kappa shape index (κ3) is 4.65. The number of benzene rings is 2. The van der Waals surface area contributed by atoms with Gasteiger partial charge >= 0.3 is 0 Å². The molecule has 0 amide bonds. The first kappa shape index (κ1) is 15.1. The van der Waals surface area contributed by atoms with Gasteiger partial charge in [-0.05, 0) is 36.3 Å². The number of nitro groups is 1. The predicted octanol–water partition coefficient (Wildman–Crippen LogP) is 3.82. The Morgan fingerprint density at radius 1 is 1.10 bits per heavy atom. The molecule has 2 rings (SSSR count). The van der Waals surface area contributed by atoms with Crippen molar-refractivity contribution in [3.8, 4) is 0 Å². The number of hydrogen-bond acceptors (Lipinski definition) is 3. The Morgan fingerprint density at radius 2 is 1.71 bits per heavy atom. The second-order valence-corrected chi connectivity index (χ2v) is 5.98. The van der Waals surface area contributed by atoms with Crippen LogP contribution in [0.25, 0.3) is 6.08 Å². The van der Waals surface area contributed by atoms with Gasteiger partial charge in [-0.15, -0.1) is 0 Å². The van der Waals surface area contributed by atoms with E-state index in [2.05, 4.69) is 0 Å². The van der Waals surface area contributed by atoms with Gasteiger partial charge in [-0.2, -0.15) is 0 Å². The van der Waals surface area contributed by atoms with E-state index in [1.807, 2.05) is 31.2 Å². The van der Waals surface area contributed by atoms with Gasteiger partial charge < -0.3 is 0 Å². The van der Waals surface area contributed by atoms with Gasteiger partial charge in [0.25, 0.3) is 5.69 Å². The van der Waals surface area contributed by atoms with Crippen LogP contribution in [0.5, 0.6) is 0 Å². The molecule has 0 spiro atoms. The molecule has 2 aromatic rings. The molecule has 0 heterocycles. The highest BCUT2D eigenvalue weighted by Gasteiger charge is 2.03. The normalized spacial score (nSPS) is 12.4. The summed E-state index contributed by atoms with van der Waals surface area (Å²) in [5.41, 5.74) is 3.03. The summed E-state index contributed by atoms with van der Waals surface area (Å²) in [5.74, 6) is 0.462. The topological polar surface area (TPSA) is 60.2 Å². The highest BCUT2D eigenvalue weighted by molar-refractivity contribution is 7.87. The van der Waals surface area contributed by atoms with Gasteiger partial charge in [0.05, 0.1) is 21.5 Å². The second kappa shape index (κ2) is 6.95. The summed E-state index contributed by atoms with van der Waals surface area (Å²) in [6, 6.07) is 14.1. The van der Waals surface area contributed by atoms with Crippen LogP contribution in [0.15, 0.2) is 53.9 Å². The van der Waals surface area contributed by atoms with E-state index >= 15 is 0 Å². The number of nitrogens with zero attached hydrogens (tertiary/aromatic N) is 1. The quantitative estimate of drug-likeness (QED) is 0.623. The van der Waals surface area contributed by atoms with Gasteiger partial charge in [-0.3, -0.25) is 14.3 Å². The maximum atomic E-state index is 12.0. The summed E-state index contributed by atoms with van der Waals surface area (Å²) in [6.45, 7) is 2.01. The fourth-order valence-corrected chi connectivity index (χ4v) is 2.68. The highest BCUT2D eigenvalue weighted by atomic mass is 32.2. The number of hydrogen-bond donors (Lipinski definition) is 0. The lowest BCUT2D eigenvalue weighted by Gasteiger charge is -1.99. The standard InChI is InChI=1S/C16H15NO3S/c1-13-2-4-15(5-3-13)12-21(20)11-10-14-6-8-16(9-7-14)17(18)19/h2-11H,12H2,1H3. The first-order valence-corrected chi connectivity index (χ1v) is 7.78. The Hall–Kier alpha value is -2.27. The number of non-ortho nitro benzene ring substituents is 1. The molecular formula is C16H15NO3S. The summed E-state index contributed by atoms with van der Waals surface area (Å²) in [4.78, 5) is 10.1. The summed E-state index contributed by atoms with van der Waals surface area (Å²) in [7, 11) is -1.11. The fraction of sp³-hybridized carbons (Fsp3) is 0.125. The lowest BCUT2D eigenvalue weighted by Crippen LogP contribution is -1.91. The summed E-state index contributed by atoms with van der Waals surface area (Å²) < 4.78 is 12.0. The maximum Gasteiger partial charge on any atom is 0.269 e. The number of aryl methyl sites for hydroxylation is 1. The molecule has 4 nitrogen and oxygen atoms in total. The first-order valence-electron chi connectivity index (χ1n) is 6.40. The average molecular weight is 301 g/mol. The van der Waals surface area contributed by atoms with Crippen molar-refractivity contribution < 1.29 is 9.13 Å². The number of rotatable bonds is 5. The first-order chi connectivity index (χ1) is 10.0. The lowest BCUT2D eigenvalue weighted by molar-refractivity contribution is -0.384. The average Bonchev–Trinajstić information content (AvgIpc) is 2.48. The molecule has 0 N–H and O–H groups in total. The zero-order valence-corrected chi connectivity index (χ0v) is 12.4. The SMILES string of the molecule is Cc1ccc(CS(=O)C=Cc2ccc([N+](=O)[O-])cc2)cc1. The van der Waals surface area contributed by atoms with Crippen LogP contribution in [-0.2, 0) is 16.6 Å². The van der Waals surface area contributed by atoms with Gasteiger partial charge in [-0.1, -0.05) is 29.8 Å². The van der Waals surface area contributed by atoms with Gasteiger partial charge in [0.1, 0.15) is 0 Å². The zero-order valence-electron chi connectivity index (χ0n) is 11.6. The summed E-state index contributed by atoms with van der Waals surface area (Å²) in [6.07, 6.45) is 1.72. The summed E-state index contributed by atoms with van der Waals surface area (Å²) >= 11 is 0. The zero-order chi connectivity index (χ0) is 15.2. The molecule has 0 aliphatic rings. The van der Waals surface area contributed by atoms with Crippen molar-refractivity contribution in [1.29, 1.82) is 0 Å². The van der Waals surface area contributed by atoms with Crippen molar-refractivity contribution in [3.05, 3.63) is 80.7 Å². The minimum atomic E-state index is -1.11. The molecule has 1 unspecified atom stereocenters. The van der Waals surface area contributed by atoms with Crippen molar-refractivity contribution >= 4 is 22.6 Å². The van der Waals surface area contributed by atoms with E-state index in [0.717, 1.165) is 11.1 Å². The van der Waals surface area contributed by atoms with Gasteiger partial charge in [0, 0.05) is 17.5 Å². The largest absolute Gasteiger partial charge is 0.269 e. The van der Waals surface area contributed by atoms with Crippen LogP contribution in [-0.4, -0.2) is 9.13 Å². The maximum absolute atomic E-state index is 12.0. The second-order valence-electron chi connectivity index (χ2n) is 4.66. The van der Waals surface area contributed by atoms with Crippen LogP contribution in [0.4, 0.5) is 5.69 Å². The fourth-order valence-electron chi connectivity index (χ4n) is 1.76. The predicted molar refractivity (Wildman–Crippen MR) is 85.2 cm³/mol. The molecule has 0 fully saturated rings. The lowest BCUT2D eigenvalue weighted by atomic mass is 10.2. The number of nitro benzene ring substituents is 1. The van der Waals surface area contributed by atoms with E-state index in [1.54, 1.807) is 23.6 Å². The van der Waals surface area contributed by atoms with Crippen molar-refractivity contribution in [2.24, 2.45) is 0 Å². The molecule has 0 aliphatic heterocycles. The van der Waals surface area contributed by atoms with Crippen LogP contribution < -0.4 is 0 Å². The van der Waals surface area contributed by atoms with E-state index in [0.29, 0.717) is 5.75 Å². The molecule has 0 saturated carbocycles. The molecule has 0 aromatic heterocycles. The van der Waals surface area contributed by atoms with Gasteiger partial charge in [0.15, 0.2) is 0 Å². The molecule has 0 aliphatic carbocycles. The molecule has 5 heteroatoms. The van der Waals surface area contributed by atoms with E-state index in [9.17, 15) is 14.3 Å². The monoisotopic (exact) mass is 301 g/mol. The molecule has 21 heavy (non-hydrogen) atoms. The molecule has 0 saturated heterocycles. The van der Waals surface area contributed by atoms with E-state index in [-0.39, 0.29) is 5.69 Å². The van der Waals surface area contributed by atoms with E-state index in [4.69, 9.17) is 0 Å². The van der Waals surface area contributed by atoms with Gasteiger partial charge in [-0.25, -0.2) is 0 Å². The van der Waals surface area contributed by atoms with Crippen LogP contribution in [0, 0.1) is 17.0 Å². The third-order valence-electron chi connectivity index (χ3n) is 2.95. The Labute approximate surface area is 125 Å². The minimum absolute atomic E-state index is 0.0490. The van der Waals surface area contributed by atoms with Crippen molar-refractivity contribution in [2.75, 3.05) is 0 Å². The Balaban J connectivity index is 1.98. The van der Waals surface area contributed by atoms with Crippen LogP contribution >= 0.6 is 0 Å². The van der Waals surface area contributed by atoms with Crippen molar-refractivity contribution in [1.82, 2.24) is 0 Å². The Bertz CT molecular complexity index is 676. The van der Waals surface area contributed by atoms with Gasteiger partial charge in [0.2, 0.25) is 0 Å². The van der Waals surface area contributed by atoms with Crippen molar-refractivity contribution in [2.45, 2.75) is 12.7 Å². The Morgan fingerprint density at radius 3 is 2.29 bits per heavy atom. The van der Waals surface area contributed by atoms with Crippen LogP contribution in [0.3, 0.4) is 0 Å². The molecular weight excluding hydrogens is 286 g/mol. The Kier molecular flexibility index (Phi) is 5.00. The summed E-state index contributed by atoms with van der Waals surface area (Å²) in [5, 5.41) is 12.2. The molecule has 0 radical (unpaired) electrons. The van der Waals surface area contributed by atoms with Crippen LogP contribution in [0.2, 0.25) is 0 Å². The molecule has 108 valence electrons. The van der Waals surface area contributed by atoms with Crippen LogP contribution in [0.1, 0.15) is 16.7 Å². The van der Waals surface area contributed by atoms with E-state index in [1.165, 1.54) is 17.7 Å². The van der Waals surface area contributed by atoms with Crippen molar-refractivity contribution in [3.63, 3.8) is 0 Å². The minimum Gasteiger partial charge on any atom is -0.258 e.